The SMILES string of the molecule is C=C/C(=C/C(Cl)=NC(=N)Cl)C(=O)OCC. The molecule has 82 valence electrons. The van der Waals surface area contributed by atoms with E-state index in [1.165, 1.54) is 12.2 Å². The number of nitrogens with zero attached hydrogens (tertiary/aromatic N) is 1. The minimum Gasteiger partial charge on any atom is -0.462 e. The summed E-state index contributed by atoms with van der Waals surface area (Å²) < 4.78 is 4.72. The first-order valence-corrected chi connectivity index (χ1v) is 4.76. The number of ether oxygens (including phenoxy) is 1. The average Bonchev–Trinajstić information content (AvgIpc) is 2.13. The van der Waals surface area contributed by atoms with Crippen LogP contribution in [0.4, 0.5) is 0 Å². The molecule has 0 aliphatic carbocycles. The number of carbonyl (C=O) groups excluding carboxylic acids is 1. The Morgan fingerprint density at radius 3 is 2.60 bits per heavy atom. The lowest BCUT2D eigenvalue weighted by Crippen LogP contribution is -2.07. The van der Waals surface area contributed by atoms with Crippen LogP contribution in [0.1, 0.15) is 6.92 Å². The molecule has 0 rings (SSSR count). The maximum absolute atomic E-state index is 11.2. The number of nitrogens with one attached hydrogen (secondary N) is 1. The Balaban J connectivity index is 4.81. The van der Waals surface area contributed by atoms with Gasteiger partial charge in [-0.3, -0.25) is 5.41 Å². The van der Waals surface area contributed by atoms with Crippen molar-refractivity contribution < 1.29 is 9.53 Å². The molecule has 0 aromatic rings. The number of aliphatic imine (C=N–C) groups is 1. The number of halogens is 2. The lowest BCUT2D eigenvalue weighted by atomic mass is 10.2. The van der Waals surface area contributed by atoms with E-state index in [1.54, 1.807) is 6.92 Å². The van der Waals surface area contributed by atoms with Crippen molar-refractivity contribution in [2.24, 2.45) is 4.99 Å². The zero-order valence-corrected chi connectivity index (χ0v) is 9.60. The first-order valence-electron chi connectivity index (χ1n) is 4.00. The van der Waals surface area contributed by atoms with E-state index in [2.05, 4.69) is 11.6 Å². The first-order chi connectivity index (χ1) is 7.01. The Labute approximate surface area is 97.7 Å². The smallest absolute Gasteiger partial charge is 0.338 e. The van der Waals surface area contributed by atoms with Gasteiger partial charge in [-0.15, -0.1) is 0 Å². The number of allylic oxidation sites excluding steroid dienone is 1. The van der Waals surface area contributed by atoms with Crippen molar-refractivity contribution in [1.29, 1.82) is 5.41 Å². The van der Waals surface area contributed by atoms with Crippen molar-refractivity contribution >= 4 is 39.6 Å². The molecule has 0 aromatic carbocycles. The number of hydrogen-bond donors (Lipinski definition) is 1. The molecule has 0 spiro atoms. The van der Waals surface area contributed by atoms with Gasteiger partial charge in [-0.25, -0.2) is 9.79 Å². The van der Waals surface area contributed by atoms with E-state index in [4.69, 9.17) is 33.3 Å². The molecule has 0 aliphatic rings. The van der Waals surface area contributed by atoms with E-state index < -0.39 is 11.3 Å². The van der Waals surface area contributed by atoms with Gasteiger partial charge in [0.25, 0.3) is 0 Å². The van der Waals surface area contributed by atoms with E-state index in [1.807, 2.05) is 0 Å². The molecular formula is C9H10Cl2N2O2. The van der Waals surface area contributed by atoms with Crippen molar-refractivity contribution in [3.8, 4) is 0 Å². The summed E-state index contributed by atoms with van der Waals surface area (Å²) >= 11 is 10.8. The Morgan fingerprint density at radius 1 is 1.60 bits per heavy atom. The Hall–Kier alpha value is -1.13. The first kappa shape index (κ1) is 13.9. The third-order valence-corrected chi connectivity index (χ3v) is 1.49. The summed E-state index contributed by atoms with van der Waals surface area (Å²) in [5, 5.41) is 6.28. The lowest BCUT2D eigenvalue weighted by Gasteiger charge is -2.00. The highest BCUT2D eigenvalue weighted by atomic mass is 35.5. The molecule has 0 aromatic heterocycles. The molecule has 0 saturated heterocycles. The summed E-state index contributed by atoms with van der Waals surface area (Å²) in [5.74, 6) is -0.554. The number of amidine groups is 1. The molecule has 0 fully saturated rings. The average molecular weight is 249 g/mol. The predicted octanol–water partition coefficient (Wildman–Crippen LogP) is 2.47. The van der Waals surface area contributed by atoms with E-state index in [0.717, 1.165) is 0 Å². The molecule has 0 atom stereocenters. The van der Waals surface area contributed by atoms with Gasteiger partial charge in [0.1, 0.15) is 5.17 Å². The van der Waals surface area contributed by atoms with Crippen LogP contribution in [-0.4, -0.2) is 23.0 Å². The van der Waals surface area contributed by atoms with Crippen molar-refractivity contribution in [2.75, 3.05) is 6.61 Å². The van der Waals surface area contributed by atoms with Gasteiger partial charge in [0.05, 0.1) is 12.2 Å². The van der Waals surface area contributed by atoms with Crippen LogP contribution in [0.5, 0.6) is 0 Å². The summed E-state index contributed by atoms with van der Waals surface area (Å²) in [6.45, 7) is 5.36. The van der Waals surface area contributed by atoms with Crippen LogP contribution >= 0.6 is 23.2 Å². The van der Waals surface area contributed by atoms with Gasteiger partial charge in [0, 0.05) is 0 Å². The molecule has 15 heavy (non-hydrogen) atoms. The molecule has 0 aliphatic heterocycles. The monoisotopic (exact) mass is 248 g/mol. The third kappa shape index (κ3) is 6.04. The number of esters is 1. The Bertz CT molecular complexity index is 335. The highest BCUT2D eigenvalue weighted by Gasteiger charge is 2.07. The van der Waals surface area contributed by atoms with Gasteiger partial charge in [0.15, 0.2) is 0 Å². The quantitative estimate of drug-likeness (QED) is 0.208. The van der Waals surface area contributed by atoms with Crippen LogP contribution in [0.15, 0.2) is 29.3 Å². The van der Waals surface area contributed by atoms with Gasteiger partial charge >= 0.3 is 5.97 Å². The predicted molar refractivity (Wildman–Crippen MR) is 61.8 cm³/mol. The molecule has 0 unspecified atom stereocenters. The Kier molecular flexibility index (Phi) is 6.66. The lowest BCUT2D eigenvalue weighted by molar-refractivity contribution is -0.138. The topological polar surface area (TPSA) is 62.5 Å². The standard InChI is InChI=1S/C9H10Cl2N2O2/c1-3-6(8(14)15-4-2)5-7(10)13-9(11)12/h3,5,12H,1,4H2,2H3/b6-5-,12-9?,13-7?. The number of carbonyl (C=O) groups is 1. The molecule has 1 N–H and O–H groups in total. The van der Waals surface area contributed by atoms with Crippen LogP contribution in [0.25, 0.3) is 0 Å². The molecular weight excluding hydrogens is 239 g/mol. The minimum absolute atomic E-state index is 0.0852. The molecule has 0 saturated carbocycles. The fraction of sp³-hybridized carbons (Fsp3) is 0.222. The molecule has 0 radical (unpaired) electrons. The van der Waals surface area contributed by atoms with Gasteiger partial charge in [-0.05, 0) is 24.6 Å². The molecule has 0 amide bonds. The summed E-state index contributed by atoms with van der Waals surface area (Å²) in [4.78, 5) is 14.6. The molecule has 4 nitrogen and oxygen atoms in total. The largest absolute Gasteiger partial charge is 0.462 e. The van der Waals surface area contributed by atoms with Crippen molar-refractivity contribution in [3.63, 3.8) is 0 Å². The van der Waals surface area contributed by atoms with Crippen LogP contribution in [0, 0.1) is 5.41 Å². The minimum atomic E-state index is -0.554. The zero-order chi connectivity index (χ0) is 11.8. The van der Waals surface area contributed by atoms with Crippen LogP contribution in [0.3, 0.4) is 0 Å². The summed E-state index contributed by atoms with van der Waals surface area (Å²) in [6, 6.07) is 0. The van der Waals surface area contributed by atoms with Gasteiger partial charge in [-0.1, -0.05) is 24.3 Å². The van der Waals surface area contributed by atoms with Crippen LogP contribution in [-0.2, 0) is 9.53 Å². The number of hydrogen-bond acceptors (Lipinski definition) is 3. The van der Waals surface area contributed by atoms with Crippen molar-refractivity contribution in [3.05, 3.63) is 24.3 Å². The maximum atomic E-state index is 11.2. The van der Waals surface area contributed by atoms with Gasteiger partial charge in [0.2, 0.25) is 5.29 Å². The fourth-order valence-corrected chi connectivity index (χ4v) is 1.01. The second kappa shape index (κ2) is 7.20. The summed E-state index contributed by atoms with van der Waals surface area (Å²) in [5.41, 5.74) is 0.156. The van der Waals surface area contributed by atoms with Crippen molar-refractivity contribution in [2.45, 2.75) is 6.92 Å². The molecule has 6 heteroatoms. The van der Waals surface area contributed by atoms with E-state index in [9.17, 15) is 4.79 Å². The van der Waals surface area contributed by atoms with Crippen LogP contribution in [0.2, 0.25) is 0 Å². The number of rotatable bonds is 4. The van der Waals surface area contributed by atoms with Crippen molar-refractivity contribution in [1.82, 2.24) is 0 Å². The van der Waals surface area contributed by atoms with E-state index in [-0.39, 0.29) is 17.4 Å². The Morgan fingerprint density at radius 2 is 2.20 bits per heavy atom. The highest BCUT2D eigenvalue weighted by molar-refractivity contribution is 6.73. The zero-order valence-electron chi connectivity index (χ0n) is 8.09. The van der Waals surface area contributed by atoms with Crippen LogP contribution < -0.4 is 0 Å². The normalized spacial score (nSPS) is 12.2. The third-order valence-electron chi connectivity index (χ3n) is 1.21. The molecule has 0 bridgehead atoms. The second-order valence-electron chi connectivity index (χ2n) is 2.25. The second-order valence-corrected chi connectivity index (χ2v) is 2.99. The highest BCUT2D eigenvalue weighted by Crippen LogP contribution is 2.03. The van der Waals surface area contributed by atoms with E-state index >= 15 is 0 Å². The van der Waals surface area contributed by atoms with E-state index in [0.29, 0.717) is 0 Å². The summed E-state index contributed by atoms with van der Waals surface area (Å²) in [6.07, 6.45) is 2.51. The maximum Gasteiger partial charge on any atom is 0.338 e. The molecule has 0 heterocycles. The van der Waals surface area contributed by atoms with Gasteiger partial charge in [-0.2, -0.15) is 0 Å². The fourth-order valence-electron chi connectivity index (χ4n) is 0.670. The van der Waals surface area contributed by atoms with Gasteiger partial charge < -0.3 is 4.74 Å². The summed E-state index contributed by atoms with van der Waals surface area (Å²) in [7, 11) is 0.